The van der Waals surface area contributed by atoms with Crippen LogP contribution >= 0.6 is 0 Å². The second-order valence-corrected chi connectivity index (χ2v) is 5.72. The molecule has 0 bridgehead atoms. The van der Waals surface area contributed by atoms with Crippen LogP contribution in [0.5, 0.6) is 0 Å². The highest BCUT2D eigenvalue weighted by Gasteiger charge is 2.07. The number of hydrogen-bond acceptors (Lipinski definition) is 5. The summed E-state index contributed by atoms with van der Waals surface area (Å²) in [5, 5.41) is 17.6. The lowest BCUT2D eigenvalue weighted by molar-refractivity contribution is 0.598. The van der Waals surface area contributed by atoms with E-state index in [9.17, 15) is 8.42 Å². The van der Waals surface area contributed by atoms with Gasteiger partial charge in [0, 0.05) is 11.9 Å². The average molecular weight is 276 g/mol. The molecule has 0 aliphatic carbocycles. The molecule has 1 heterocycles. The lowest BCUT2D eigenvalue weighted by Crippen LogP contribution is -2.22. The first-order chi connectivity index (χ1) is 8.99. The summed E-state index contributed by atoms with van der Waals surface area (Å²) in [7, 11) is -3.53. The minimum absolute atomic E-state index is 0.110. The Balaban J connectivity index is 2.29. The molecule has 2 aromatic rings. The van der Waals surface area contributed by atoms with Gasteiger partial charge in [-0.3, -0.25) is 0 Å². The maximum atomic E-state index is 10.8. The average Bonchev–Trinajstić information content (AvgIpc) is 2.36. The number of hydrogen-bond donors (Lipinski definition) is 2. The zero-order valence-corrected chi connectivity index (χ0v) is 10.8. The first-order valence-corrected chi connectivity index (χ1v) is 7.25. The van der Waals surface area contributed by atoms with Crippen LogP contribution < -0.4 is 10.5 Å². The first-order valence-electron chi connectivity index (χ1n) is 5.54. The van der Waals surface area contributed by atoms with Gasteiger partial charge in [0.15, 0.2) is 0 Å². The second kappa shape index (κ2) is 5.22. The Morgan fingerprint density at radius 3 is 2.79 bits per heavy atom. The van der Waals surface area contributed by atoms with Gasteiger partial charge in [-0.25, -0.2) is 18.5 Å². The van der Waals surface area contributed by atoms with Gasteiger partial charge < -0.3 is 5.32 Å². The van der Waals surface area contributed by atoms with Gasteiger partial charge in [0.2, 0.25) is 10.0 Å². The normalized spacial score (nSPS) is 11.2. The molecule has 0 atom stereocenters. The summed E-state index contributed by atoms with van der Waals surface area (Å²) in [5.74, 6) is 0.150. The molecule has 0 fully saturated rings. The van der Waals surface area contributed by atoms with Gasteiger partial charge in [-0.2, -0.15) is 5.26 Å². The Hall–Kier alpha value is -2.17. The molecule has 0 radical (unpaired) electrons. The van der Waals surface area contributed by atoms with Crippen molar-refractivity contribution in [3.8, 4) is 6.07 Å². The van der Waals surface area contributed by atoms with Crippen LogP contribution in [0.3, 0.4) is 0 Å². The predicted molar refractivity (Wildman–Crippen MR) is 72.9 cm³/mol. The quantitative estimate of drug-likeness (QED) is 0.858. The van der Waals surface area contributed by atoms with Crippen molar-refractivity contribution in [2.45, 2.75) is 0 Å². The van der Waals surface area contributed by atoms with E-state index in [4.69, 9.17) is 10.4 Å². The van der Waals surface area contributed by atoms with Crippen molar-refractivity contribution >= 4 is 26.7 Å². The number of aromatic nitrogens is 1. The van der Waals surface area contributed by atoms with E-state index in [1.54, 1.807) is 6.07 Å². The van der Waals surface area contributed by atoms with Gasteiger partial charge in [-0.05, 0) is 12.1 Å². The molecule has 0 unspecified atom stereocenters. The Morgan fingerprint density at radius 2 is 2.11 bits per heavy atom. The van der Waals surface area contributed by atoms with E-state index in [0.717, 1.165) is 10.9 Å². The standard InChI is InChI=1S/C12H12N4O2S/c13-8-10-7-9-3-1-2-4-11(9)16-12(10)15-5-6-19(14,17)18/h1-4,7H,5-6H2,(H,15,16)(H2,14,17,18). The number of rotatable bonds is 4. The summed E-state index contributed by atoms with van der Waals surface area (Å²) in [4.78, 5) is 4.30. The largest absolute Gasteiger partial charge is 0.368 e. The number of primary sulfonamides is 1. The monoisotopic (exact) mass is 276 g/mol. The van der Waals surface area contributed by atoms with Gasteiger partial charge in [0.1, 0.15) is 11.9 Å². The van der Waals surface area contributed by atoms with Crippen LogP contribution in [0.2, 0.25) is 0 Å². The lowest BCUT2D eigenvalue weighted by atomic mass is 10.1. The summed E-state index contributed by atoms with van der Waals surface area (Å²) < 4.78 is 21.7. The van der Waals surface area contributed by atoms with E-state index in [2.05, 4.69) is 10.3 Å². The molecular weight excluding hydrogens is 264 g/mol. The third-order valence-corrected chi connectivity index (χ3v) is 3.30. The molecule has 98 valence electrons. The van der Waals surface area contributed by atoms with Crippen molar-refractivity contribution in [3.63, 3.8) is 0 Å². The Morgan fingerprint density at radius 1 is 1.37 bits per heavy atom. The summed E-state index contributed by atoms with van der Waals surface area (Å²) >= 11 is 0. The number of benzene rings is 1. The highest BCUT2D eigenvalue weighted by molar-refractivity contribution is 7.89. The zero-order chi connectivity index (χ0) is 13.9. The predicted octanol–water partition coefficient (Wildman–Crippen LogP) is 0.807. The van der Waals surface area contributed by atoms with Gasteiger partial charge in [-0.15, -0.1) is 0 Å². The highest BCUT2D eigenvalue weighted by Crippen LogP contribution is 2.19. The van der Waals surface area contributed by atoms with Crippen molar-refractivity contribution < 1.29 is 8.42 Å². The van der Waals surface area contributed by atoms with E-state index in [0.29, 0.717) is 11.4 Å². The number of nitrogens with one attached hydrogen (secondary N) is 1. The smallest absolute Gasteiger partial charge is 0.210 e. The Labute approximate surface area is 110 Å². The summed E-state index contributed by atoms with van der Waals surface area (Å²) in [6.45, 7) is 0.110. The second-order valence-electron chi connectivity index (χ2n) is 3.98. The van der Waals surface area contributed by atoms with Crippen LogP contribution in [0.25, 0.3) is 10.9 Å². The maximum Gasteiger partial charge on any atom is 0.210 e. The van der Waals surface area contributed by atoms with E-state index < -0.39 is 10.0 Å². The zero-order valence-electron chi connectivity index (χ0n) is 10.00. The molecule has 1 aromatic carbocycles. The van der Waals surface area contributed by atoms with Crippen LogP contribution in [-0.4, -0.2) is 25.7 Å². The van der Waals surface area contributed by atoms with Crippen molar-refractivity contribution in [3.05, 3.63) is 35.9 Å². The van der Waals surface area contributed by atoms with E-state index in [1.807, 2.05) is 30.3 Å². The van der Waals surface area contributed by atoms with Crippen LogP contribution in [0, 0.1) is 11.3 Å². The molecule has 0 saturated heterocycles. The first kappa shape index (κ1) is 13.3. The van der Waals surface area contributed by atoms with Crippen LogP contribution in [0.4, 0.5) is 5.82 Å². The van der Waals surface area contributed by atoms with Gasteiger partial charge in [0.25, 0.3) is 0 Å². The fourth-order valence-corrected chi connectivity index (χ4v) is 2.03. The van der Waals surface area contributed by atoms with Crippen LogP contribution in [-0.2, 0) is 10.0 Å². The molecule has 7 heteroatoms. The van der Waals surface area contributed by atoms with Gasteiger partial charge in [-0.1, -0.05) is 18.2 Å². The third kappa shape index (κ3) is 3.40. The lowest BCUT2D eigenvalue weighted by Gasteiger charge is -2.08. The fraction of sp³-hybridized carbons (Fsp3) is 0.167. The molecule has 0 spiro atoms. The molecule has 1 aromatic heterocycles. The van der Waals surface area contributed by atoms with Crippen molar-refractivity contribution in [1.29, 1.82) is 5.26 Å². The number of sulfonamides is 1. The van der Waals surface area contributed by atoms with Crippen LogP contribution in [0.15, 0.2) is 30.3 Å². The molecule has 0 aliphatic rings. The number of nitrogens with zero attached hydrogens (tertiary/aromatic N) is 2. The van der Waals surface area contributed by atoms with Crippen molar-refractivity contribution in [1.82, 2.24) is 4.98 Å². The molecule has 19 heavy (non-hydrogen) atoms. The Bertz CT molecular complexity index is 750. The summed E-state index contributed by atoms with van der Waals surface area (Å²) in [5.41, 5.74) is 1.10. The Kier molecular flexibility index (Phi) is 3.64. The van der Waals surface area contributed by atoms with Gasteiger partial charge in [0.05, 0.1) is 16.8 Å². The van der Waals surface area contributed by atoms with Crippen LogP contribution in [0.1, 0.15) is 5.56 Å². The number of para-hydroxylation sites is 1. The molecule has 6 nitrogen and oxygen atoms in total. The molecule has 0 amide bonds. The number of nitriles is 1. The molecular formula is C12H12N4O2S. The molecule has 0 aliphatic heterocycles. The third-order valence-electron chi connectivity index (χ3n) is 2.52. The number of anilines is 1. The maximum absolute atomic E-state index is 10.8. The SMILES string of the molecule is N#Cc1cc2ccccc2nc1NCCS(N)(=O)=O. The summed E-state index contributed by atoms with van der Waals surface area (Å²) in [6, 6.07) is 11.1. The molecule has 3 N–H and O–H groups in total. The topological polar surface area (TPSA) is 109 Å². The molecule has 2 rings (SSSR count). The van der Waals surface area contributed by atoms with Crippen molar-refractivity contribution in [2.75, 3.05) is 17.6 Å². The minimum Gasteiger partial charge on any atom is -0.368 e. The van der Waals surface area contributed by atoms with E-state index in [1.165, 1.54) is 0 Å². The van der Waals surface area contributed by atoms with E-state index >= 15 is 0 Å². The molecule has 0 saturated carbocycles. The van der Waals surface area contributed by atoms with Gasteiger partial charge >= 0.3 is 0 Å². The van der Waals surface area contributed by atoms with Crippen molar-refractivity contribution in [2.24, 2.45) is 5.14 Å². The number of nitrogens with two attached hydrogens (primary N) is 1. The summed E-state index contributed by atoms with van der Waals surface area (Å²) in [6.07, 6.45) is 0. The minimum atomic E-state index is -3.53. The fourth-order valence-electron chi connectivity index (χ4n) is 1.65. The highest BCUT2D eigenvalue weighted by atomic mass is 32.2. The number of fused-ring (bicyclic) bond motifs is 1. The number of pyridine rings is 1. The van der Waals surface area contributed by atoms with E-state index in [-0.39, 0.29) is 12.3 Å².